The summed E-state index contributed by atoms with van der Waals surface area (Å²) in [6.45, 7) is 2.38. The summed E-state index contributed by atoms with van der Waals surface area (Å²) in [7, 11) is 1.81. The number of halogens is 1. The first-order valence-corrected chi connectivity index (χ1v) is 4.80. The highest BCUT2D eigenvalue weighted by Crippen LogP contribution is 2.26. The van der Waals surface area contributed by atoms with E-state index >= 15 is 0 Å². The number of aromatic nitrogens is 2. The second kappa shape index (κ2) is 4.80. The van der Waals surface area contributed by atoms with Gasteiger partial charge in [0.05, 0.1) is 12.0 Å². The summed E-state index contributed by atoms with van der Waals surface area (Å²) in [5.41, 5.74) is 5.55. The molecular formula is C9H12ClN5. The maximum absolute atomic E-state index is 8.69. The van der Waals surface area contributed by atoms with Gasteiger partial charge in [-0.3, -0.25) is 0 Å². The Morgan fingerprint density at radius 2 is 2.33 bits per heavy atom. The van der Waals surface area contributed by atoms with E-state index in [4.69, 9.17) is 22.6 Å². The first-order chi connectivity index (χ1) is 7.06. The Morgan fingerprint density at radius 1 is 1.67 bits per heavy atom. The van der Waals surface area contributed by atoms with Crippen LogP contribution in [0.25, 0.3) is 0 Å². The lowest BCUT2D eigenvalue weighted by Crippen LogP contribution is -2.24. The van der Waals surface area contributed by atoms with Crippen molar-refractivity contribution in [2.75, 3.05) is 24.2 Å². The van der Waals surface area contributed by atoms with E-state index < -0.39 is 0 Å². The van der Waals surface area contributed by atoms with Crippen molar-refractivity contribution in [3.63, 3.8) is 0 Å². The molecule has 5 nitrogen and oxygen atoms in total. The van der Waals surface area contributed by atoms with Gasteiger partial charge < -0.3 is 10.6 Å². The molecule has 6 heteroatoms. The van der Waals surface area contributed by atoms with Crippen LogP contribution in [0, 0.1) is 17.2 Å². The maximum atomic E-state index is 8.69. The second-order valence-corrected chi connectivity index (χ2v) is 3.69. The molecule has 0 amide bonds. The third-order valence-corrected chi connectivity index (χ3v) is 2.29. The molecule has 1 aromatic heterocycles. The fourth-order valence-corrected chi connectivity index (χ4v) is 1.42. The largest absolute Gasteiger partial charge is 0.382 e. The molecule has 0 radical (unpaired) electrons. The van der Waals surface area contributed by atoms with Crippen LogP contribution in [0.5, 0.6) is 0 Å². The zero-order chi connectivity index (χ0) is 11.4. The summed E-state index contributed by atoms with van der Waals surface area (Å²) in [6, 6.07) is 2.14. The smallest absolute Gasteiger partial charge is 0.152 e. The quantitative estimate of drug-likeness (QED) is 0.839. The van der Waals surface area contributed by atoms with Gasteiger partial charge in [-0.1, -0.05) is 11.6 Å². The number of rotatable bonds is 3. The molecule has 1 unspecified atom stereocenters. The molecule has 1 heterocycles. The maximum Gasteiger partial charge on any atom is 0.152 e. The molecule has 0 fully saturated rings. The minimum absolute atomic E-state index is 0.0951. The molecule has 15 heavy (non-hydrogen) atoms. The average molecular weight is 226 g/mol. The lowest BCUT2D eigenvalue weighted by atomic mass is 10.2. The number of hydrogen-bond acceptors (Lipinski definition) is 5. The van der Waals surface area contributed by atoms with Gasteiger partial charge in [0.2, 0.25) is 0 Å². The number of nitrogens with two attached hydrogens (primary N) is 1. The predicted molar refractivity (Wildman–Crippen MR) is 59.5 cm³/mol. The van der Waals surface area contributed by atoms with E-state index in [2.05, 4.69) is 16.0 Å². The highest BCUT2D eigenvalue weighted by atomic mass is 35.5. The van der Waals surface area contributed by atoms with E-state index in [1.807, 2.05) is 14.0 Å². The minimum atomic E-state index is -0.0951. The van der Waals surface area contributed by atoms with Crippen molar-refractivity contribution >= 4 is 23.2 Å². The predicted octanol–water partition coefficient (Wildman–Crippen LogP) is 1.31. The number of nitriles is 1. The third kappa shape index (κ3) is 2.70. The first kappa shape index (κ1) is 11.5. The van der Waals surface area contributed by atoms with Gasteiger partial charge in [0, 0.05) is 13.6 Å². The van der Waals surface area contributed by atoms with Gasteiger partial charge in [-0.15, -0.1) is 0 Å². The van der Waals surface area contributed by atoms with Crippen molar-refractivity contribution < 1.29 is 0 Å². The molecule has 0 bridgehead atoms. The van der Waals surface area contributed by atoms with Crippen molar-refractivity contribution in [3.8, 4) is 6.07 Å². The Kier molecular flexibility index (Phi) is 3.69. The van der Waals surface area contributed by atoms with E-state index in [1.54, 1.807) is 4.90 Å². The minimum Gasteiger partial charge on any atom is -0.382 e. The highest BCUT2D eigenvalue weighted by Gasteiger charge is 2.13. The number of anilines is 2. The lowest BCUT2D eigenvalue weighted by Gasteiger charge is -2.20. The Hall–Kier alpha value is -1.54. The number of nitrogen functional groups attached to an aromatic ring is 1. The summed E-state index contributed by atoms with van der Waals surface area (Å²) in [5.74, 6) is 0.701. The van der Waals surface area contributed by atoms with Crippen LogP contribution in [-0.2, 0) is 0 Å². The molecular weight excluding hydrogens is 214 g/mol. The number of hydrogen-bond donors (Lipinski definition) is 1. The molecule has 0 aliphatic rings. The van der Waals surface area contributed by atoms with Gasteiger partial charge in [0.1, 0.15) is 17.2 Å². The van der Waals surface area contributed by atoms with Crippen LogP contribution < -0.4 is 10.6 Å². The van der Waals surface area contributed by atoms with Crippen LogP contribution in [0.15, 0.2) is 6.33 Å². The van der Waals surface area contributed by atoms with Crippen molar-refractivity contribution in [3.05, 3.63) is 11.3 Å². The third-order valence-electron chi connectivity index (χ3n) is 1.93. The Bertz CT molecular complexity index is 387. The van der Waals surface area contributed by atoms with Gasteiger partial charge in [0.15, 0.2) is 5.82 Å². The molecule has 1 rings (SSSR count). The Balaban J connectivity index is 2.87. The van der Waals surface area contributed by atoms with Gasteiger partial charge in [-0.05, 0) is 6.92 Å². The Labute approximate surface area is 93.5 Å². The van der Waals surface area contributed by atoms with Crippen LogP contribution in [0.4, 0.5) is 11.6 Å². The van der Waals surface area contributed by atoms with Crippen molar-refractivity contribution in [2.24, 2.45) is 5.92 Å². The SMILES string of the molecule is CC(C#N)CN(C)c1ncnc(N)c1Cl. The van der Waals surface area contributed by atoms with Crippen LogP contribution >= 0.6 is 11.6 Å². The summed E-state index contributed by atoms with van der Waals surface area (Å²) < 4.78 is 0. The molecule has 0 spiro atoms. The standard InChI is InChI=1S/C9H12ClN5/c1-6(3-11)4-15(2)9-7(10)8(12)13-5-14-9/h5-6H,4H2,1-2H3,(H2,12,13,14). The van der Waals surface area contributed by atoms with Crippen LogP contribution in [0.3, 0.4) is 0 Å². The van der Waals surface area contributed by atoms with Gasteiger partial charge in [-0.25, -0.2) is 9.97 Å². The topological polar surface area (TPSA) is 78.8 Å². The van der Waals surface area contributed by atoms with Crippen molar-refractivity contribution in [2.45, 2.75) is 6.92 Å². The van der Waals surface area contributed by atoms with Crippen molar-refractivity contribution in [1.29, 1.82) is 5.26 Å². The fraction of sp³-hybridized carbons (Fsp3) is 0.444. The summed E-state index contributed by atoms with van der Waals surface area (Å²) in [6.07, 6.45) is 1.35. The van der Waals surface area contributed by atoms with Crippen LogP contribution in [0.2, 0.25) is 5.02 Å². The van der Waals surface area contributed by atoms with Crippen LogP contribution in [0.1, 0.15) is 6.92 Å². The van der Waals surface area contributed by atoms with Crippen molar-refractivity contribution in [1.82, 2.24) is 9.97 Å². The van der Waals surface area contributed by atoms with Gasteiger partial charge in [-0.2, -0.15) is 5.26 Å². The molecule has 0 saturated heterocycles. The van der Waals surface area contributed by atoms with E-state index in [0.29, 0.717) is 17.4 Å². The normalized spacial score (nSPS) is 11.9. The highest BCUT2D eigenvalue weighted by molar-refractivity contribution is 6.35. The van der Waals surface area contributed by atoms with Gasteiger partial charge >= 0.3 is 0 Å². The zero-order valence-electron chi connectivity index (χ0n) is 8.61. The second-order valence-electron chi connectivity index (χ2n) is 3.31. The van der Waals surface area contributed by atoms with E-state index in [1.165, 1.54) is 6.33 Å². The number of nitrogens with zero attached hydrogens (tertiary/aromatic N) is 4. The lowest BCUT2D eigenvalue weighted by molar-refractivity contribution is 0.709. The molecule has 80 valence electrons. The Morgan fingerprint density at radius 3 is 2.93 bits per heavy atom. The first-order valence-electron chi connectivity index (χ1n) is 4.43. The monoisotopic (exact) mass is 225 g/mol. The van der Waals surface area contributed by atoms with Crippen LogP contribution in [-0.4, -0.2) is 23.6 Å². The van der Waals surface area contributed by atoms with E-state index in [-0.39, 0.29) is 11.7 Å². The molecule has 1 atom stereocenters. The van der Waals surface area contributed by atoms with E-state index in [9.17, 15) is 0 Å². The molecule has 0 aliphatic heterocycles. The summed E-state index contributed by atoms with van der Waals surface area (Å²) >= 11 is 5.94. The fourth-order valence-electron chi connectivity index (χ4n) is 1.18. The molecule has 0 aliphatic carbocycles. The molecule has 2 N–H and O–H groups in total. The average Bonchev–Trinajstić information content (AvgIpc) is 2.21. The zero-order valence-corrected chi connectivity index (χ0v) is 9.36. The molecule has 0 aromatic carbocycles. The van der Waals surface area contributed by atoms with Gasteiger partial charge in [0.25, 0.3) is 0 Å². The summed E-state index contributed by atoms with van der Waals surface area (Å²) in [4.78, 5) is 9.57. The molecule has 1 aromatic rings. The van der Waals surface area contributed by atoms with E-state index in [0.717, 1.165) is 0 Å². The molecule has 0 saturated carbocycles. The summed E-state index contributed by atoms with van der Waals surface area (Å²) in [5, 5.41) is 9.01.